The van der Waals surface area contributed by atoms with Crippen molar-refractivity contribution in [3.63, 3.8) is 0 Å². The first kappa shape index (κ1) is 7.96. The van der Waals surface area contributed by atoms with Crippen LogP contribution in [-0.2, 0) is 4.74 Å². The molecule has 0 saturated carbocycles. The molecule has 6 nitrogen and oxygen atoms in total. The van der Waals surface area contributed by atoms with E-state index in [1.54, 1.807) is 7.11 Å². The molecule has 1 heterocycles. The number of nitrogen functional groups attached to an aromatic ring is 1. The summed E-state index contributed by atoms with van der Waals surface area (Å²) in [7, 11) is 1.55. The molecule has 1 rings (SSSR count). The molecule has 0 spiro atoms. The van der Waals surface area contributed by atoms with Gasteiger partial charge in [-0.25, -0.2) is 0 Å². The van der Waals surface area contributed by atoms with Crippen LogP contribution in [0.3, 0.4) is 0 Å². The minimum atomic E-state index is -0.250. The van der Waals surface area contributed by atoms with E-state index in [4.69, 9.17) is 16.2 Å². The Hall–Kier alpha value is -1.14. The zero-order valence-electron chi connectivity index (χ0n) is 6.24. The van der Waals surface area contributed by atoms with Crippen LogP contribution in [0, 0.1) is 0 Å². The maximum Gasteiger partial charge on any atom is 0.239 e. The van der Waals surface area contributed by atoms with Gasteiger partial charge in [0.25, 0.3) is 0 Å². The van der Waals surface area contributed by atoms with Gasteiger partial charge in [0.2, 0.25) is 5.95 Å². The van der Waals surface area contributed by atoms with Crippen LogP contribution in [0.5, 0.6) is 0 Å². The average molecular weight is 157 g/mol. The maximum absolute atomic E-state index is 5.37. The lowest BCUT2D eigenvalue weighted by Crippen LogP contribution is -2.15. The molecule has 11 heavy (non-hydrogen) atoms. The number of hydrogen-bond donors (Lipinski definition) is 3. The highest BCUT2D eigenvalue weighted by Gasteiger charge is 2.11. The molecule has 0 fully saturated rings. The van der Waals surface area contributed by atoms with Crippen molar-refractivity contribution in [1.82, 2.24) is 15.2 Å². The van der Waals surface area contributed by atoms with E-state index in [2.05, 4.69) is 15.2 Å². The van der Waals surface area contributed by atoms with Gasteiger partial charge in [0.1, 0.15) is 6.10 Å². The van der Waals surface area contributed by atoms with Gasteiger partial charge in [-0.05, 0) is 0 Å². The Labute approximate surface area is 63.9 Å². The maximum atomic E-state index is 5.37. The second-order valence-electron chi connectivity index (χ2n) is 2.04. The molecule has 6 heteroatoms. The largest absolute Gasteiger partial charge is 0.372 e. The van der Waals surface area contributed by atoms with Gasteiger partial charge in [-0.15, -0.1) is 5.10 Å². The quantitative estimate of drug-likeness (QED) is 0.524. The Morgan fingerprint density at radius 3 is 2.82 bits per heavy atom. The van der Waals surface area contributed by atoms with Gasteiger partial charge < -0.3 is 16.2 Å². The van der Waals surface area contributed by atoms with Crippen molar-refractivity contribution in [3.8, 4) is 0 Å². The number of H-pyrrole nitrogens is 1. The van der Waals surface area contributed by atoms with Crippen molar-refractivity contribution in [2.75, 3.05) is 19.4 Å². The van der Waals surface area contributed by atoms with E-state index in [0.717, 1.165) is 0 Å². The van der Waals surface area contributed by atoms with Crippen LogP contribution in [0.15, 0.2) is 0 Å². The first-order valence-electron chi connectivity index (χ1n) is 3.18. The number of ether oxygens (including phenoxy) is 1. The number of methoxy groups -OCH3 is 1. The molecular weight excluding hydrogens is 146 g/mol. The van der Waals surface area contributed by atoms with E-state index in [1.165, 1.54) is 0 Å². The van der Waals surface area contributed by atoms with Crippen molar-refractivity contribution >= 4 is 5.95 Å². The summed E-state index contributed by atoms with van der Waals surface area (Å²) in [4.78, 5) is 3.86. The zero-order chi connectivity index (χ0) is 8.27. The van der Waals surface area contributed by atoms with Crippen LogP contribution < -0.4 is 11.5 Å². The molecule has 62 valence electrons. The highest BCUT2D eigenvalue weighted by molar-refractivity contribution is 5.13. The fraction of sp³-hybridized carbons (Fsp3) is 0.600. The summed E-state index contributed by atoms with van der Waals surface area (Å²) in [6, 6.07) is 0. The van der Waals surface area contributed by atoms with E-state index in [0.29, 0.717) is 12.4 Å². The number of nitrogens with two attached hydrogens (primary N) is 2. The predicted molar refractivity (Wildman–Crippen MR) is 39.6 cm³/mol. The molecule has 0 bridgehead atoms. The second kappa shape index (κ2) is 3.31. The number of aromatic nitrogens is 3. The van der Waals surface area contributed by atoms with E-state index in [9.17, 15) is 0 Å². The first-order chi connectivity index (χ1) is 5.27. The third-order valence-corrected chi connectivity index (χ3v) is 1.32. The molecule has 5 N–H and O–H groups in total. The van der Waals surface area contributed by atoms with Crippen LogP contribution in [0.4, 0.5) is 5.95 Å². The number of rotatable bonds is 3. The first-order valence-corrected chi connectivity index (χ1v) is 3.18. The zero-order valence-corrected chi connectivity index (χ0v) is 6.24. The Kier molecular flexibility index (Phi) is 2.40. The summed E-state index contributed by atoms with van der Waals surface area (Å²) in [5.74, 6) is 0.767. The lowest BCUT2D eigenvalue weighted by molar-refractivity contribution is 0.103. The number of anilines is 1. The van der Waals surface area contributed by atoms with Gasteiger partial charge in [-0.3, -0.25) is 5.10 Å². The Balaban J connectivity index is 2.73. The standard InChI is InChI=1S/C5H11N5O/c1-11-3(2-6)4-8-5(7)10-9-4/h3H,2,6H2,1H3,(H3,7,8,9,10). The van der Waals surface area contributed by atoms with Gasteiger partial charge in [0.05, 0.1) is 0 Å². The molecule has 1 unspecified atom stereocenters. The van der Waals surface area contributed by atoms with Crippen molar-refractivity contribution in [2.24, 2.45) is 5.73 Å². The SMILES string of the molecule is COC(CN)c1nc(N)n[nH]1. The highest BCUT2D eigenvalue weighted by Crippen LogP contribution is 2.09. The van der Waals surface area contributed by atoms with Gasteiger partial charge in [0, 0.05) is 13.7 Å². The molecule has 1 aromatic rings. The summed E-state index contributed by atoms with van der Waals surface area (Å²) in [6.45, 7) is 0.352. The van der Waals surface area contributed by atoms with E-state index in [-0.39, 0.29) is 12.1 Å². The van der Waals surface area contributed by atoms with Gasteiger partial charge in [-0.1, -0.05) is 0 Å². The van der Waals surface area contributed by atoms with Crippen LogP contribution in [0.1, 0.15) is 11.9 Å². The Bertz CT molecular complexity index is 218. The van der Waals surface area contributed by atoms with Crippen molar-refractivity contribution in [1.29, 1.82) is 0 Å². The lowest BCUT2D eigenvalue weighted by Gasteiger charge is -2.07. The predicted octanol–water partition coefficient (Wildman–Crippen LogP) is -0.967. The molecule has 1 aromatic heterocycles. The normalized spacial score (nSPS) is 13.3. The van der Waals surface area contributed by atoms with Gasteiger partial charge in [-0.2, -0.15) is 4.98 Å². The van der Waals surface area contributed by atoms with E-state index < -0.39 is 0 Å². The fourth-order valence-corrected chi connectivity index (χ4v) is 0.751. The summed E-state index contributed by atoms with van der Waals surface area (Å²) in [5, 5.41) is 6.26. The third kappa shape index (κ3) is 1.66. The van der Waals surface area contributed by atoms with Crippen LogP contribution >= 0.6 is 0 Å². The summed E-state index contributed by atoms with van der Waals surface area (Å²) < 4.78 is 4.98. The third-order valence-electron chi connectivity index (χ3n) is 1.32. The average Bonchev–Trinajstić information content (AvgIpc) is 2.39. The van der Waals surface area contributed by atoms with Crippen LogP contribution in [0.2, 0.25) is 0 Å². The van der Waals surface area contributed by atoms with Gasteiger partial charge in [0.15, 0.2) is 5.82 Å². The minimum Gasteiger partial charge on any atom is -0.372 e. The number of aromatic amines is 1. The molecule has 0 amide bonds. The van der Waals surface area contributed by atoms with E-state index in [1.807, 2.05) is 0 Å². The van der Waals surface area contributed by atoms with Crippen molar-refractivity contribution in [2.45, 2.75) is 6.10 Å². The van der Waals surface area contributed by atoms with Crippen LogP contribution in [-0.4, -0.2) is 28.8 Å². The molecule has 1 atom stereocenters. The molecule has 0 aliphatic carbocycles. The molecule has 0 saturated heterocycles. The number of hydrogen-bond acceptors (Lipinski definition) is 5. The Morgan fingerprint density at radius 2 is 2.45 bits per heavy atom. The van der Waals surface area contributed by atoms with Crippen LogP contribution in [0.25, 0.3) is 0 Å². The smallest absolute Gasteiger partial charge is 0.239 e. The summed E-state index contributed by atoms with van der Waals surface area (Å²) in [6.07, 6.45) is -0.250. The minimum absolute atomic E-state index is 0.204. The molecule has 0 aromatic carbocycles. The van der Waals surface area contributed by atoms with Crippen molar-refractivity contribution in [3.05, 3.63) is 5.82 Å². The Morgan fingerprint density at radius 1 is 1.73 bits per heavy atom. The van der Waals surface area contributed by atoms with E-state index >= 15 is 0 Å². The topological polar surface area (TPSA) is 103 Å². The monoisotopic (exact) mass is 157 g/mol. The fourth-order valence-electron chi connectivity index (χ4n) is 0.751. The lowest BCUT2D eigenvalue weighted by atomic mass is 10.3. The number of nitrogens with zero attached hydrogens (tertiary/aromatic N) is 2. The van der Waals surface area contributed by atoms with Gasteiger partial charge >= 0.3 is 0 Å². The second-order valence-corrected chi connectivity index (χ2v) is 2.04. The number of nitrogens with one attached hydrogen (secondary N) is 1. The summed E-state index contributed by atoms with van der Waals surface area (Å²) >= 11 is 0. The molecule has 0 aliphatic rings. The van der Waals surface area contributed by atoms with Crippen molar-refractivity contribution < 1.29 is 4.74 Å². The molecular formula is C5H11N5O. The molecule has 0 aliphatic heterocycles. The molecule has 0 radical (unpaired) electrons. The highest BCUT2D eigenvalue weighted by atomic mass is 16.5. The summed E-state index contributed by atoms with van der Waals surface area (Å²) in [5.41, 5.74) is 10.6.